The molecule has 1 saturated heterocycles. The van der Waals surface area contributed by atoms with Gasteiger partial charge in [0, 0.05) is 37.4 Å². The van der Waals surface area contributed by atoms with E-state index in [1.54, 1.807) is 26.2 Å². The van der Waals surface area contributed by atoms with Gasteiger partial charge in [0.15, 0.2) is 0 Å². The summed E-state index contributed by atoms with van der Waals surface area (Å²) < 4.78 is 44.9. The number of anilines is 3. The maximum absolute atomic E-state index is 15.0. The van der Waals surface area contributed by atoms with Gasteiger partial charge in [-0.2, -0.15) is 0 Å². The zero-order valence-corrected chi connectivity index (χ0v) is 24.0. The van der Waals surface area contributed by atoms with Gasteiger partial charge in [-0.25, -0.2) is 18.2 Å². The Balaban J connectivity index is 1.34. The number of benzene rings is 2. The van der Waals surface area contributed by atoms with Crippen LogP contribution in [0, 0.1) is 23.4 Å². The van der Waals surface area contributed by atoms with Crippen molar-refractivity contribution in [2.45, 2.75) is 51.8 Å². The number of hydrogen-bond acceptors (Lipinski definition) is 6. The highest BCUT2D eigenvalue weighted by Crippen LogP contribution is 2.32. The van der Waals surface area contributed by atoms with Crippen molar-refractivity contribution in [3.05, 3.63) is 102 Å². The molecule has 3 N–H and O–H groups in total. The van der Waals surface area contributed by atoms with E-state index in [2.05, 4.69) is 44.6 Å². The summed E-state index contributed by atoms with van der Waals surface area (Å²) in [6.45, 7) is 7.22. The van der Waals surface area contributed by atoms with Gasteiger partial charge in [0.1, 0.15) is 23.1 Å². The van der Waals surface area contributed by atoms with Crippen LogP contribution in [0.25, 0.3) is 11.3 Å². The zero-order chi connectivity index (χ0) is 29.9. The first-order valence-electron chi connectivity index (χ1n) is 14.2. The molecule has 2 atom stereocenters. The highest BCUT2D eigenvalue weighted by atomic mass is 19.1. The standard InChI is InChI=1S/C33H36F3N5O/c1-21-13-25(39-23-7-5-4-6-8-23)20-41(19-21)30-11-12-37-18-29(30)38-17-24-9-10-26(34)32(40-24)31-27(35)14-22(15-28(31)36)16-33(2,3)42/h4-12,14-15,18,21,25,38-39,42H,13,16-17,19-20H2,1-3H3. The topological polar surface area (TPSA) is 73.3 Å². The first kappa shape index (κ1) is 29.4. The number of aromatic nitrogens is 2. The fourth-order valence-corrected chi connectivity index (χ4v) is 5.62. The summed E-state index contributed by atoms with van der Waals surface area (Å²) in [4.78, 5) is 10.9. The molecule has 0 amide bonds. The first-order chi connectivity index (χ1) is 20.1. The molecular weight excluding hydrogens is 539 g/mol. The normalized spacial score (nSPS) is 17.3. The lowest BCUT2D eigenvalue weighted by Gasteiger charge is -2.39. The second kappa shape index (κ2) is 12.4. The van der Waals surface area contributed by atoms with Crippen molar-refractivity contribution in [1.29, 1.82) is 0 Å². The molecule has 5 rings (SSSR count). The number of halogens is 3. The lowest BCUT2D eigenvalue weighted by atomic mass is 9.95. The van der Waals surface area contributed by atoms with Crippen LogP contribution in [0.4, 0.5) is 30.2 Å². The lowest BCUT2D eigenvalue weighted by Crippen LogP contribution is -2.46. The predicted octanol–water partition coefficient (Wildman–Crippen LogP) is 6.81. The molecule has 9 heteroatoms. The minimum atomic E-state index is -1.15. The molecule has 0 spiro atoms. The number of nitrogens with zero attached hydrogens (tertiary/aromatic N) is 3. The Labute approximate surface area is 244 Å². The fraction of sp³-hybridized carbons (Fsp3) is 0.333. The van der Waals surface area contributed by atoms with Gasteiger partial charge in [-0.3, -0.25) is 4.98 Å². The third-order valence-corrected chi connectivity index (χ3v) is 7.28. The number of nitrogens with one attached hydrogen (secondary N) is 2. The molecular formula is C33H36F3N5O. The van der Waals surface area contributed by atoms with E-state index in [0.29, 0.717) is 11.6 Å². The summed E-state index contributed by atoms with van der Waals surface area (Å²) in [5.41, 5.74) is 1.46. The molecule has 220 valence electrons. The van der Waals surface area contributed by atoms with Crippen LogP contribution in [-0.4, -0.2) is 39.8 Å². The SMILES string of the molecule is CC1CC(Nc2ccccc2)CN(c2ccncc2NCc2ccc(F)c(-c3c(F)cc(CC(C)(C)O)cc3F)n2)C1. The van der Waals surface area contributed by atoms with E-state index in [-0.39, 0.29) is 24.6 Å². The molecule has 42 heavy (non-hydrogen) atoms. The van der Waals surface area contributed by atoms with Gasteiger partial charge in [0.05, 0.1) is 41.0 Å². The molecule has 0 saturated carbocycles. The Hall–Kier alpha value is -4.11. The molecule has 2 aromatic heterocycles. The Kier molecular flexibility index (Phi) is 8.68. The third-order valence-electron chi connectivity index (χ3n) is 7.28. The van der Waals surface area contributed by atoms with Gasteiger partial charge in [-0.1, -0.05) is 25.1 Å². The summed E-state index contributed by atoms with van der Waals surface area (Å²) in [5.74, 6) is -2.23. The number of pyridine rings is 2. The average Bonchev–Trinajstić information content (AvgIpc) is 2.92. The van der Waals surface area contributed by atoms with Crippen molar-refractivity contribution < 1.29 is 18.3 Å². The van der Waals surface area contributed by atoms with Gasteiger partial charge in [0.2, 0.25) is 0 Å². The van der Waals surface area contributed by atoms with Crippen molar-refractivity contribution in [3.8, 4) is 11.3 Å². The number of rotatable bonds is 9. The van der Waals surface area contributed by atoms with Crippen LogP contribution in [0.3, 0.4) is 0 Å². The molecule has 0 aliphatic carbocycles. The van der Waals surface area contributed by atoms with E-state index in [0.717, 1.165) is 48.7 Å². The second-order valence-corrected chi connectivity index (χ2v) is 11.8. The van der Waals surface area contributed by atoms with Crippen molar-refractivity contribution in [2.75, 3.05) is 28.6 Å². The number of para-hydroxylation sites is 1. The van der Waals surface area contributed by atoms with E-state index < -0.39 is 34.3 Å². The van der Waals surface area contributed by atoms with Crippen molar-refractivity contribution in [3.63, 3.8) is 0 Å². The molecule has 2 unspecified atom stereocenters. The van der Waals surface area contributed by atoms with Crippen LogP contribution in [0.2, 0.25) is 0 Å². The summed E-state index contributed by atoms with van der Waals surface area (Å²) in [5, 5.41) is 17.0. The number of piperidine rings is 1. The van der Waals surface area contributed by atoms with E-state index in [1.165, 1.54) is 12.1 Å². The molecule has 1 fully saturated rings. The van der Waals surface area contributed by atoms with Gasteiger partial charge in [-0.05, 0) is 74.2 Å². The largest absolute Gasteiger partial charge is 0.390 e. The lowest BCUT2D eigenvalue weighted by molar-refractivity contribution is 0.0809. The molecule has 6 nitrogen and oxygen atoms in total. The minimum absolute atomic E-state index is 0.0489. The summed E-state index contributed by atoms with van der Waals surface area (Å²) in [6.07, 6.45) is 4.58. The molecule has 1 aliphatic rings. The monoisotopic (exact) mass is 575 g/mol. The van der Waals surface area contributed by atoms with Crippen molar-refractivity contribution >= 4 is 17.1 Å². The molecule has 4 aromatic rings. The second-order valence-electron chi connectivity index (χ2n) is 11.8. The Morgan fingerprint density at radius 3 is 2.43 bits per heavy atom. The van der Waals surface area contributed by atoms with Crippen LogP contribution >= 0.6 is 0 Å². The van der Waals surface area contributed by atoms with E-state index in [9.17, 15) is 9.50 Å². The number of hydrogen-bond donors (Lipinski definition) is 3. The summed E-state index contributed by atoms with van der Waals surface area (Å²) >= 11 is 0. The Bertz CT molecular complexity index is 1500. The van der Waals surface area contributed by atoms with Crippen LogP contribution in [0.1, 0.15) is 38.4 Å². The van der Waals surface area contributed by atoms with Crippen LogP contribution in [-0.2, 0) is 13.0 Å². The highest BCUT2D eigenvalue weighted by Gasteiger charge is 2.27. The van der Waals surface area contributed by atoms with E-state index in [4.69, 9.17) is 0 Å². The zero-order valence-electron chi connectivity index (χ0n) is 24.0. The van der Waals surface area contributed by atoms with Gasteiger partial charge in [0.25, 0.3) is 0 Å². The van der Waals surface area contributed by atoms with E-state index in [1.807, 2.05) is 24.3 Å². The molecule has 3 heterocycles. The van der Waals surface area contributed by atoms with Crippen LogP contribution in [0.5, 0.6) is 0 Å². The van der Waals surface area contributed by atoms with E-state index >= 15 is 8.78 Å². The maximum atomic E-state index is 15.0. The molecule has 0 bridgehead atoms. The van der Waals surface area contributed by atoms with Crippen molar-refractivity contribution in [2.24, 2.45) is 5.92 Å². The average molecular weight is 576 g/mol. The Morgan fingerprint density at radius 1 is 0.976 bits per heavy atom. The predicted molar refractivity (Wildman–Crippen MR) is 161 cm³/mol. The van der Waals surface area contributed by atoms with Crippen molar-refractivity contribution in [1.82, 2.24) is 9.97 Å². The smallest absolute Gasteiger partial charge is 0.149 e. The quantitative estimate of drug-likeness (QED) is 0.204. The Morgan fingerprint density at radius 2 is 1.71 bits per heavy atom. The van der Waals surface area contributed by atoms with Gasteiger partial charge >= 0.3 is 0 Å². The highest BCUT2D eigenvalue weighted by molar-refractivity contribution is 5.69. The number of aliphatic hydroxyl groups is 1. The summed E-state index contributed by atoms with van der Waals surface area (Å²) in [7, 11) is 0. The van der Waals surface area contributed by atoms with Gasteiger partial charge in [-0.15, -0.1) is 0 Å². The summed E-state index contributed by atoms with van der Waals surface area (Å²) in [6, 6.07) is 17.3. The minimum Gasteiger partial charge on any atom is -0.390 e. The molecule has 0 radical (unpaired) electrons. The molecule has 2 aromatic carbocycles. The van der Waals surface area contributed by atoms with Crippen LogP contribution < -0.4 is 15.5 Å². The maximum Gasteiger partial charge on any atom is 0.149 e. The first-order valence-corrected chi connectivity index (χ1v) is 14.2. The molecule has 1 aliphatic heterocycles. The van der Waals surface area contributed by atoms with Gasteiger partial charge < -0.3 is 20.6 Å². The third kappa shape index (κ3) is 7.20. The van der Waals surface area contributed by atoms with Crippen LogP contribution in [0.15, 0.2) is 73.1 Å². The fourth-order valence-electron chi connectivity index (χ4n) is 5.62.